The van der Waals surface area contributed by atoms with Gasteiger partial charge in [0.25, 0.3) is 0 Å². The van der Waals surface area contributed by atoms with Gasteiger partial charge in [-0.25, -0.2) is 9.13 Å². The molecule has 3 aromatic carbocycles. The Labute approximate surface area is 199 Å². The van der Waals surface area contributed by atoms with Crippen LogP contribution < -0.4 is 25.5 Å². The Bertz CT molecular complexity index is 1270. The van der Waals surface area contributed by atoms with Gasteiger partial charge in [0.05, 0.1) is 25.8 Å². The molecule has 0 spiro atoms. The zero-order valence-corrected chi connectivity index (χ0v) is 19.1. The highest BCUT2D eigenvalue weighted by Gasteiger charge is 2.27. The van der Waals surface area contributed by atoms with Crippen LogP contribution in [-0.2, 0) is 11.3 Å². The number of nitrogens with two attached hydrogens (primary N) is 1. The van der Waals surface area contributed by atoms with Crippen molar-refractivity contribution in [3.8, 4) is 33.8 Å². The first kappa shape index (κ1) is 22.9. The summed E-state index contributed by atoms with van der Waals surface area (Å²) in [5.41, 5.74) is 12.5. The van der Waals surface area contributed by atoms with Crippen LogP contribution in [0.1, 0.15) is 12.8 Å². The molecule has 2 heterocycles. The number of rotatable bonds is 4. The van der Waals surface area contributed by atoms with Crippen molar-refractivity contribution in [1.82, 2.24) is 4.57 Å². The van der Waals surface area contributed by atoms with Gasteiger partial charge in [0.2, 0.25) is 0 Å². The van der Waals surface area contributed by atoms with E-state index in [-0.39, 0.29) is 0 Å². The molecule has 1 aliphatic heterocycles. The minimum Gasteiger partial charge on any atom is -0.554 e. The van der Waals surface area contributed by atoms with Crippen molar-refractivity contribution in [3.05, 3.63) is 79.0 Å². The Kier molecular flexibility index (Phi) is 7.13. The number of nitrogens with one attached hydrogen (secondary N) is 1. The fourth-order valence-corrected chi connectivity index (χ4v) is 4.33. The Hall–Kier alpha value is -4.26. The molecule has 1 aliphatic rings. The van der Waals surface area contributed by atoms with Gasteiger partial charge in [0, 0.05) is 17.7 Å². The van der Waals surface area contributed by atoms with Gasteiger partial charge in [-0.15, -0.1) is 0 Å². The maximum Gasteiger partial charge on any atom is 0.362 e. The van der Waals surface area contributed by atoms with E-state index in [9.17, 15) is 0 Å². The first-order chi connectivity index (χ1) is 16.7. The van der Waals surface area contributed by atoms with Crippen LogP contribution in [0.5, 0.6) is 5.75 Å². The van der Waals surface area contributed by atoms with Gasteiger partial charge in [-0.3, -0.25) is 5.32 Å². The van der Waals surface area contributed by atoms with Crippen molar-refractivity contribution in [2.75, 3.05) is 24.7 Å². The number of carbonyl (C=O) groups is 1. The van der Waals surface area contributed by atoms with Gasteiger partial charge in [-0.05, 0) is 48.7 Å². The van der Waals surface area contributed by atoms with E-state index in [1.807, 2.05) is 30.3 Å². The fraction of sp³-hybridized carbons (Fsp3) is 0.185. The van der Waals surface area contributed by atoms with Crippen LogP contribution >= 0.6 is 0 Å². The van der Waals surface area contributed by atoms with Gasteiger partial charge < -0.3 is 20.4 Å². The van der Waals surface area contributed by atoms with E-state index >= 15 is 0 Å². The molecule has 0 saturated carbocycles. The monoisotopic (exact) mass is 456 g/mol. The van der Waals surface area contributed by atoms with Gasteiger partial charge in [0.1, 0.15) is 23.3 Å². The zero-order valence-electron chi connectivity index (χ0n) is 19.1. The third kappa shape index (κ3) is 4.59. The largest absolute Gasteiger partial charge is 0.554 e. The SMILES string of the molecule is COc1ccccc1-c1cn(-c2ccc(-c3ccccc3N)cc2)c2[n+]1CCCCN2.O=C[O-]. The number of hydrogen-bond acceptors (Lipinski definition) is 5. The van der Waals surface area contributed by atoms with Crippen LogP contribution in [0.3, 0.4) is 0 Å². The molecule has 0 unspecified atom stereocenters. The molecule has 34 heavy (non-hydrogen) atoms. The molecule has 0 fully saturated rings. The standard InChI is InChI=1S/C26H26N4O.CH2O2/c1-31-25-11-5-3-9-22(25)24-18-30(26-28-16-6-7-17-29(24)26)20-14-12-19(13-15-20)21-8-2-4-10-23(21)27;2-1-3/h2-5,8-15,18H,6-7,16-17,27H2,1H3;1H,(H,2,3). The molecular formula is C27H28N4O3. The summed E-state index contributed by atoms with van der Waals surface area (Å²) < 4.78 is 10.3. The number of nitrogen functional groups attached to an aromatic ring is 1. The average Bonchev–Trinajstić information content (AvgIpc) is 3.05. The summed E-state index contributed by atoms with van der Waals surface area (Å²) in [4.78, 5) is 8.25. The van der Waals surface area contributed by atoms with Crippen molar-refractivity contribution >= 4 is 18.1 Å². The highest BCUT2D eigenvalue weighted by molar-refractivity contribution is 5.76. The number of hydrogen-bond donors (Lipinski definition) is 2. The van der Waals surface area contributed by atoms with Crippen LogP contribution in [-0.4, -0.2) is 24.7 Å². The molecule has 1 aromatic heterocycles. The fourth-order valence-electron chi connectivity index (χ4n) is 4.33. The van der Waals surface area contributed by atoms with Gasteiger partial charge >= 0.3 is 5.95 Å². The number of carboxylic acid groups (broad SMARTS) is 1. The molecule has 0 aliphatic carbocycles. The summed E-state index contributed by atoms with van der Waals surface area (Å²) in [5.74, 6) is 1.99. The minimum absolute atomic E-state index is 0.500. The summed E-state index contributed by atoms with van der Waals surface area (Å²) >= 11 is 0. The molecule has 174 valence electrons. The molecule has 0 amide bonds. The van der Waals surface area contributed by atoms with Crippen LogP contribution in [0.2, 0.25) is 0 Å². The molecule has 0 atom stereocenters. The maximum absolute atomic E-state index is 8.25. The number of benzene rings is 3. The number of para-hydroxylation sites is 2. The second-order valence-corrected chi connectivity index (χ2v) is 7.92. The van der Waals surface area contributed by atoms with Gasteiger partial charge in [-0.2, -0.15) is 0 Å². The molecule has 5 rings (SSSR count). The van der Waals surface area contributed by atoms with E-state index in [0.29, 0.717) is 0 Å². The predicted molar refractivity (Wildman–Crippen MR) is 132 cm³/mol. The molecule has 0 bridgehead atoms. The second-order valence-electron chi connectivity index (χ2n) is 7.92. The highest BCUT2D eigenvalue weighted by Crippen LogP contribution is 2.32. The van der Waals surface area contributed by atoms with Gasteiger partial charge in [-0.1, -0.05) is 42.5 Å². The summed E-state index contributed by atoms with van der Waals surface area (Å²) in [6.07, 6.45) is 4.50. The highest BCUT2D eigenvalue weighted by atomic mass is 16.5. The second kappa shape index (κ2) is 10.6. The quantitative estimate of drug-likeness (QED) is 0.279. The lowest BCUT2D eigenvalue weighted by Gasteiger charge is -2.08. The first-order valence-corrected chi connectivity index (χ1v) is 11.2. The maximum atomic E-state index is 8.25. The molecule has 0 saturated heterocycles. The van der Waals surface area contributed by atoms with Crippen LogP contribution in [0.15, 0.2) is 79.0 Å². The van der Waals surface area contributed by atoms with Crippen molar-refractivity contribution in [2.24, 2.45) is 0 Å². The molecule has 7 heteroatoms. The molecular weight excluding hydrogens is 428 g/mol. The topological polar surface area (TPSA) is 96.2 Å². The van der Waals surface area contributed by atoms with E-state index in [1.165, 1.54) is 0 Å². The van der Waals surface area contributed by atoms with Crippen molar-refractivity contribution in [2.45, 2.75) is 19.4 Å². The minimum atomic E-state index is -0.500. The average molecular weight is 457 g/mol. The number of fused-ring (bicyclic) bond motifs is 1. The number of anilines is 2. The number of carbonyl (C=O) groups excluding carboxylic acids is 1. The number of methoxy groups -OCH3 is 1. The van der Waals surface area contributed by atoms with E-state index in [0.717, 1.165) is 71.4 Å². The third-order valence-electron chi connectivity index (χ3n) is 5.92. The Morgan fingerprint density at radius 3 is 2.38 bits per heavy atom. The summed E-state index contributed by atoms with van der Waals surface area (Å²) in [6, 6.07) is 24.8. The van der Waals surface area contributed by atoms with Gasteiger partial charge in [0.15, 0.2) is 0 Å². The molecule has 7 nitrogen and oxygen atoms in total. The van der Waals surface area contributed by atoms with E-state index in [4.69, 9.17) is 20.4 Å². The number of nitrogens with zero attached hydrogens (tertiary/aromatic N) is 2. The smallest absolute Gasteiger partial charge is 0.362 e. The summed E-state index contributed by atoms with van der Waals surface area (Å²) in [7, 11) is 1.73. The Morgan fingerprint density at radius 2 is 1.68 bits per heavy atom. The normalized spacial score (nSPS) is 12.4. The van der Waals surface area contributed by atoms with Crippen LogP contribution in [0.4, 0.5) is 11.6 Å². The van der Waals surface area contributed by atoms with Crippen LogP contribution in [0, 0.1) is 0 Å². The van der Waals surface area contributed by atoms with Crippen molar-refractivity contribution in [1.29, 1.82) is 0 Å². The number of ether oxygens (including phenoxy) is 1. The van der Waals surface area contributed by atoms with E-state index in [2.05, 4.69) is 63.1 Å². The third-order valence-corrected chi connectivity index (χ3v) is 5.92. The van der Waals surface area contributed by atoms with Crippen molar-refractivity contribution < 1.29 is 19.2 Å². The Balaban J connectivity index is 0.000000868. The zero-order chi connectivity index (χ0) is 23.9. The molecule has 4 aromatic rings. The lowest BCUT2D eigenvalue weighted by molar-refractivity contribution is -0.670. The number of imidazole rings is 1. The summed E-state index contributed by atoms with van der Waals surface area (Å²) in [6.45, 7) is 1.44. The van der Waals surface area contributed by atoms with E-state index in [1.54, 1.807) is 7.11 Å². The lowest BCUT2D eigenvalue weighted by Crippen LogP contribution is -2.36. The molecule has 3 N–H and O–H groups in total. The summed E-state index contributed by atoms with van der Waals surface area (Å²) in [5, 5.41) is 11.9. The van der Waals surface area contributed by atoms with Crippen molar-refractivity contribution in [3.63, 3.8) is 0 Å². The van der Waals surface area contributed by atoms with Crippen LogP contribution in [0.25, 0.3) is 28.1 Å². The number of aromatic nitrogens is 2. The first-order valence-electron chi connectivity index (χ1n) is 11.2. The lowest BCUT2D eigenvalue weighted by atomic mass is 10.0. The molecule has 0 radical (unpaired) electrons. The van der Waals surface area contributed by atoms with E-state index < -0.39 is 6.47 Å². The Morgan fingerprint density at radius 1 is 1.00 bits per heavy atom. The predicted octanol–water partition coefficient (Wildman–Crippen LogP) is 3.26.